The molecule has 0 atom stereocenters. The molecule has 0 amide bonds. The van der Waals surface area contributed by atoms with Crippen molar-refractivity contribution in [3.05, 3.63) is 0 Å². The molecule has 0 rings (SSSR count). The first-order valence-electron chi connectivity index (χ1n) is 36.2. The van der Waals surface area contributed by atoms with Crippen molar-refractivity contribution < 1.29 is 21.1 Å². The Bertz CT molecular complexity index is 686. The van der Waals surface area contributed by atoms with Crippen LogP contribution in [-0.2, 0) is 21.1 Å². The van der Waals surface area contributed by atoms with E-state index < -0.39 is 0 Å². The second kappa shape index (κ2) is 81.2. The normalized spacial score (nSPS) is 11.4. The van der Waals surface area contributed by atoms with Crippen molar-refractivity contribution in [3.8, 4) is 0 Å². The maximum Gasteiger partial charge on any atom is 0 e. The fraction of sp³-hybridized carbons (Fsp3) is 1.00. The summed E-state index contributed by atoms with van der Waals surface area (Å²) in [5.41, 5.74) is 0. The number of hydrogen-bond donors (Lipinski definition) is 0. The molecule has 0 spiro atoms. The van der Waals surface area contributed by atoms with Gasteiger partial charge in [0.25, 0.3) is 0 Å². The van der Waals surface area contributed by atoms with Crippen LogP contribution in [0, 0.1) is 0 Å². The summed E-state index contributed by atoms with van der Waals surface area (Å²) in [4.78, 5) is 0. The Morgan fingerprint density at radius 1 is 0.118 bits per heavy atom. The topological polar surface area (TPSA) is 0 Å². The molecule has 76 heavy (non-hydrogen) atoms. The van der Waals surface area contributed by atoms with Crippen LogP contribution in [0.2, 0.25) is 0 Å². The SMILES string of the molecule is CCCCCCCCP(CCCCCCCC)CCCCCCCC.CCCCCCCCP(CCCCCCCC)CCCCCCCC.CCCCCCCCP(CCCCCCCC)CCCCCCCC.[W]. The maximum atomic E-state index is 2.32. The minimum Gasteiger partial charge on any atom is -0.107 e. The second-order valence-electron chi connectivity index (χ2n) is 24.4. The van der Waals surface area contributed by atoms with Crippen LogP contribution in [0.15, 0.2) is 0 Å². The van der Waals surface area contributed by atoms with E-state index in [0.29, 0.717) is 23.8 Å². The van der Waals surface area contributed by atoms with Crippen LogP contribution in [0.1, 0.15) is 409 Å². The first-order chi connectivity index (χ1) is 37.0. The van der Waals surface area contributed by atoms with Crippen LogP contribution in [0.5, 0.6) is 0 Å². The van der Waals surface area contributed by atoms with Crippen LogP contribution in [0.4, 0.5) is 0 Å². The van der Waals surface area contributed by atoms with E-state index in [1.165, 1.54) is 347 Å². The minimum atomic E-state index is 0. The molecule has 0 N–H and O–H groups in total. The van der Waals surface area contributed by atoms with Crippen molar-refractivity contribution in [2.45, 2.75) is 409 Å². The average molecular weight is 1300 g/mol. The predicted octanol–water partition coefficient (Wildman–Crippen LogP) is 28.6. The molecule has 0 aliphatic rings. The number of hydrogen-bond acceptors (Lipinski definition) is 0. The zero-order chi connectivity index (χ0) is 55.3. The fourth-order valence-electron chi connectivity index (χ4n) is 11.0. The Hall–Kier alpha value is 1.98. The van der Waals surface area contributed by atoms with Crippen LogP contribution in [0.25, 0.3) is 0 Å². The Morgan fingerprint density at radius 2 is 0.197 bits per heavy atom. The first-order valence-corrected chi connectivity index (χ1v) is 41.9. The van der Waals surface area contributed by atoms with Crippen molar-refractivity contribution in [2.24, 2.45) is 0 Å². The van der Waals surface area contributed by atoms with Crippen LogP contribution in [0.3, 0.4) is 0 Å². The molecular weight excluding hydrogens is 1140 g/mol. The van der Waals surface area contributed by atoms with Gasteiger partial charge in [0.05, 0.1) is 0 Å². The average Bonchev–Trinajstić information content (AvgIpc) is 3.42. The molecule has 0 nitrogen and oxygen atoms in total. The van der Waals surface area contributed by atoms with E-state index in [1.54, 1.807) is 55.5 Å². The molecule has 4 heteroatoms. The van der Waals surface area contributed by atoms with E-state index in [9.17, 15) is 0 Å². The summed E-state index contributed by atoms with van der Waals surface area (Å²) in [5.74, 6) is 0. The molecule has 0 aromatic carbocycles. The molecule has 0 saturated carbocycles. The van der Waals surface area contributed by atoms with Gasteiger partial charge in [-0.3, -0.25) is 0 Å². The molecule has 462 valence electrons. The van der Waals surface area contributed by atoms with Gasteiger partial charge in [-0.1, -0.05) is 351 Å². The molecule has 0 radical (unpaired) electrons. The van der Waals surface area contributed by atoms with Gasteiger partial charge < -0.3 is 0 Å². The second-order valence-corrected chi connectivity index (χ2v) is 32.5. The molecule has 0 aromatic rings. The van der Waals surface area contributed by atoms with Crippen molar-refractivity contribution >= 4 is 23.8 Å². The first kappa shape index (κ1) is 84.4. The molecule has 0 aliphatic carbocycles. The molecule has 0 saturated heterocycles. The van der Waals surface area contributed by atoms with E-state index in [1.807, 2.05) is 0 Å². The van der Waals surface area contributed by atoms with Gasteiger partial charge in [0, 0.05) is 21.1 Å². The summed E-state index contributed by atoms with van der Waals surface area (Å²) in [6, 6.07) is 0. The van der Waals surface area contributed by atoms with Crippen molar-refractivity contribution in [1.29, 1.82) is 0 Å². The molecular formula is C72H153P3W. The van der Waals surface area contributed by atoms with E-state index in [2.05, 4.69) is 62.3 Å². The van der Waals surface area contributed by atoms with E-state index >= 15 is 0 Å². The van der Waals surface area contributed by atoms with E-state index in [-0.39, 0.29) is 21.1 Å². The van der Waals surface area contributed by atoms with Gasteiger partial charge in [-0.2, -0.15) is 0 Å². The maximum absolute atomic E-state index is 2.32. The summed E-state index contributed by atoms with van der Waals surface area (Å²) in [6.45, 7) is 20.9. The van der Waals surface area contributed by atoms with Gasteiger partial charge >= 0.3 is 0 Å². The van der Waals surface area contributed by atoms with E-state index in [4.69, 9.17) is 0 Å². The predicted molar refractivity (Wildman–Crippen MR) is 365 cm³/mol. The molecule has 0 aromatic heterocycles. The Balaban J connectivity index is -0.000000508. The van der Waals surface area contributed by atoms with Gasteiger partial charge in [-0.25, -0.2) is 0 Å². The van der Waals surface area contributed by atoms with Crippen LogP contribution < -0.4 is 0 Å². The van der Waals surface area contributed by atoms with Crippen molar-refractivity contribution in [1.82, 2.24) is 0 Å². The van der Waals surface area contributed by atoms with Gasteiger partial charge in [-0.05, 0) is 113 Å². The smallest absolute Gasteiger partial charge is 0 e. The van der Waals surface area contributed by atoms with Gasteiger partial charge in [-0.15, -0.1) is 23.8 Å². The third-order valence-electron chi connectivity index (χ3n) is 16.5. The summed E-state index contributed by atoms with van der Waals surface area (Å²) >= 11 is 0. The van der Waals surface area contributed by atoms with Gasteiger partial charge in [0.2, 0.25) is 0 Å². The summed E-state index contributed by atoms with van der Waals surface area (Å²) in [7, 11) is 1.10. The summed E-state index contributed by atoms with van der Waals surface area (Å²) in [5, 5.41) is 0. The van der Waals surface area contributed by atoms with Gasteiger partial charge in [0.15, 0.2) is 0 Å². The fourth-order valence-corrected chi connectivity index (χ4v) is 19.1. The summed E-state index contributed by atoms with van der Waals surface area (Å²) < 4.78 is 0. The number of unbranched alkanes of at least 4 members (excludes halogenated alkanes) is 45. The third kappa shape index (κ3) is 78.0. The van der Waals surface area contributed by atoms with Gasteiger partial charge in [0.1, 0.15) is 0 Å². The number of rotatable bonds is 63. The third-order valence-corrected chi connectivity index (χ3v) is 25.0. The largest absolute Gasteiger partial charge is 0.107 e. The van der Waals surface area contributed by atoms with E-state index in [0.717, 1.165) is 0 Å². The van der Waals surface area contributed by atoms with Crippen molar-refractivity contribution in [3.63, 3.8) is 0 Å². The zero-order valence-corrected chi connectivity index (χ0v) is 60.9. The minimum absolute atomic E-state index is 0. The molecule has 0 fully saturated rings. The van der Waals surface area contributed by atoms with Crippen molar-refractivity contribution in [2.75, 3.05) is 55.5 Å². The molecule has 0 aliphatic heterocycles. The van der Waals surface area contributed by atoms with Crippen LogP contribution in [-0.4, -0.2) is 55.5 Å². The Kier molecular flexibility index (Phi) is 90.2. The molecule has 0 bridgehead atoms. The Morgan fingerprint density at radius 3 is 0.289 bits per heavy atom. The monoisotopic (exact) mass is 1300 g/mol. The quantitative estimate of drug-likeness (QED) is 0.0421. The molecule has 0 heterocycles. The van der Waals surface area contributed by atoms with Crippen LogP contribution >= 0.6 is 23.8 Å². The standard InChI is InChI=1S/3C24H51P.W/c3*1-4-7-10-13-16-19-22-25(23-20-17-14-11-8-5-2)24-21-18-15-12-9-6-3;/h3*4-24H2,1-3H3;. The summed E-state index contributed by atoms with van der Waals surface area (Å²) in [6.07, 6.45) is 93.7. The molecule has 0 unspecified atom stereocenters. The Labute approximate surface area is 506 Å². The zero-order valence-electron chi connectivity index (χ0n) is 55.3.